The monoisotopic (exact) mass is 270 g/mol. The standard InChI is InChI=1S/C10H17Cl3Si/c1-2-3-4-5-6-7-8-9-10-14(11,12)13/h7-10H,2-6H2,1H3. The highest BCUT2D eigenvalue weighted by Crippen LogP contribution is 2.20. The summed E-state index contributed by atoms with van der Waals surface area (Å²) < 4.78 is 0. The first-order valence-electron chi connectivity index (χ1n) is 4.97. The first kappa shape index (κ1) is 14.6. The van der Waals surface area contributed by atoms with Crippen molar-refractivity contribution >= 4 is 39.2 Å². The maximum atomic E-state index is 5.66. The molecule has 0 aliphatic heterocycles. The molecule has 0 saturated carbocycles. The van der Waals surface area contributed by atoms with Gasteiger partial charge in [0.2, 0.25) is 0 Å². The van der Waals surface area contributed by atoms with Gasteiger partial charge in [-0.2, -0.15) is 0 Å². The molecule has 0 aliphatic carbocycles. The molecule has 0 nitrogen and oxygen atoms in total. The van der Waals surface area contributed by atoms with Crippen LogP contribution in [0.3, 0.4) is 0 Å². The van der Waals surface area contributed by atoms with Crippen LogP contribution in [0.4, 0.5) is 0 Å². The summed E-state index contributed by atoms with van der Waals surface area (Å²) >= 11 is 17.0. The summed E-state index contributed by atoms with van der Waals surface area (Å²) in [5, 5.41) is 0. The molecule has 0 fully saturated rings. The Bertz CT molecular complexity index is 182. The molecular formula is C10H17Cl3Si. The molecule has 0 rings (SSSR count). The number of hydrogen-bond acceptors (Lipinski definition) is 0. The van der Waals surface area contributed by atoms with Crippen LogP contribution in [0.25, 0.3) is 0 Å². The lowest BCUT2D eigenvalue weighted by molar-refractivity contribution is 0.674. The van der Waals surface area contributed by atoms with Crippen molar-refractivity contribution in [3.05, 3.63) is 23.9 Å². The minimum absolute atomic E-state index is 1.12. The van der Waals surface area contributed by atoms with E-state index in [0.29, 0.717) is 0 Å². The van der Waals surface area contributed by atoms with Crippen molar-refractivity contribution in [2.75, 3.05) is 0 Å². The second kappa shape index (κ2) is 8.84. The third-order valence-corrected chi connectivity index (χ3v) is 3.46. The number of rotatable bonds is 7. The van der Waals surface area contributed by atoms with Crippen molar-refractivity contribution in [1.82, 2.24) is 0 Å². The average Bonchev–Trinajstić information content (AvgIpc) is 2.08. The fraction of sp³-hybridized carbons (Fsp3) is 0.600. The molecule has 0 atom stereocenters. The van der Waals surface area contributed by atoms with Crippen molar-refractivity contribution < 1.29 is 0 Å². The Balaban J connectivity index is 3.41. The van der Waals surface area contributed by atoms with Gasteiger partial charge < -0.3 is 0 Å². The van der Waals surface area contributed by atoms with Crippen molar-refractivity contribution in [2.24, 2.45) is 0 Å². The molecule has 0 aliphatic rings. The predicted octanol–water partition coefficient (Wildman–Crippen LogP) is 5.26. The minimum Gasteiger partial charge on any atom is -0.121 e. The number of unbranched alkanes of at least 4 members (excludes halogenated alkanes) is 4. The van der Waals surface area contributed by atoms with Gasteiger partial charge in [-0.05, 0) is 12.8 Å². The Kier molecular flexibility index (Phi) is 9.20. The highest BCUT2D eigenvalue weighted by Gasteiger charge is 2.18. The maximum Gasteiger partial charge on any atom is 0.365 e. The molecule has 14 heavy (non-hydrogen) atoms. The lowest BCUT2D eigenvalue weighted by atomic mass is 10.1. The summed E-state index contributed by atoms with van der Waals surface area (Å²) in [5.41, 5.74) is 1.68. The Morgan fingerprint density at radius 1 is 1.00 bits per heavy atom. The quantitative estimate of drug-likeness (QED) is 0.256. The van der Waals surface area contributed by atoms with Crippen LogP contribution in [-0.4, -0.2) is 6.00 Å². The third kappa shape index (κ3) is 12.6. The van der Waals surface area contributed by atoms with Crippen molar-refractivity contribution in [3.8, 4) is 0 Å². The van der Waals surface area contributed by atoms with E-state index in [0.717, 1.165) is 6.42 Å². The minimum atomic E-state index is -2.55. The van der Waals surface area contributed by atoms with Crippen LogP contribution in [0.15, 0.2) is 23.9 Å². The van der Waals surface area contributed by atoms with Gasteiger partial charge >= 0.3 is 6.00 Å². The van der Waals surface area contributed by atoms with Crippen molar-refractivity contribution in [3.63, 3.8) is 0 Å². The van der Waals surface area contributed by atoms with Crippen molar-refractivity contribution in [2.45, 2.75) is 39.0 Å². The zero-order valence-corrected chi connectivity index (χ0v) is 11.7. The Morgan fingerprint density at radius 2 is 1.71 bits per heavy atom. The Labute approximate surface area is 102 Å². The molecule has 0 aromatic carbocycles. The van der Waals surface area contributed by atoms with Crippen LogP contribution in [0.5, 0.6) is 0 Å². The highest BCUT2D eigenvalue weighted by atomic mass is 35.8. The summed E-state index contributed by atoms with van der Waals surface area (Å²) in [4.78, 5) is 0. The molecule has 0 amide bonds. The summed E-state index contributed by atoms with van der Waals surface area (Å²) in [6.45, 7) is 2.21. The van der Waals surface area contributed by atoms with E-state index in [1.165, 1.54) is 25.7 Å². The molecule has 0 spiro atoms. The van der Waals surface area contributed by atoms with Gasteiger partial charge in [0, 0.05) is 0 Å². The molecule has 0 bridgehead atoms. The van der Waals surface area contributed by atoms with E-state index in [1.807, 2.05) is 12.2 Å². The molecule has 0 radical (unpaired) electrons. The van der Waals surface area contributed by atoms with Crippen LogP contribution < -0.4 is 0 Å². The van der Waals surface area contributed by atoms with Gasteiger partial charge in [0.15, 0.2) is 0 Å². The predicted molar refractivity (Wildman–Crippen MR) is 70.4 cm³/mol. The molecule has 0 aromatic heterocycles. The second-order valence-corrected chi connectivity index (χ2v) is 11.7. The largest absolute Gasteiger partial charge is 0.365 e. The zero-order chi connectivity index (χ0) is 10.9. The van der Waals surface area contributed by atoms with Gasteiger partial charge in [0.25, 0.3) is 0 Å². The topological polar surface area (TPSA) is 0 Å². The first-order valence-corrected chi connectivity index (χ1v) is 10.1. The molecule has 0 heterocycles. The SMILES string of the molecule is CCCCCCC=CC=C[Si](Cl)(Cl)Cl. The summed E-state index contributed by atoms with van der Waals surface area (Å²) in [5.74, 6) is 0. The third-order valence-electron chi connectivity index (χ3n) is 1.76. The fourth-order valence-corrected chi connectivity index (χ4v) is 2.01. The van der Waals surface area contributed by atoms with Crippen LogP contribution in [0.1, 0.15) is 39.0 Å². The number of halogens is 3. The molecule has 0 aromatic rings. The summed E-state index contributed by atoms with van der Waals surface area (Å²) in [7, 11) is 0. The second-order valence-electron chi connectivity index (χ2n) is 3.18. The lowest BCUT2D eigenvalue weighted by Gasteiger charge is -1.96. The van der Waals surface area contributed by atoms with Gasteiger partial charge in [0.05, 0.1) is 0 Å². The number of allylic oxidation sites excluding steroid dienone is 3. The smallest absolute Gasteiger partial charge is 0.121 e. The van der Waals surface area contributed by atoms with E-state index in [-0.39, 0.29) is 0 Å². The van der Waals surface area contributed by atoms with E-state index in [9.17, 15) is 0 Å². The normalized spacial score (nSPS) is 13.1. The zero-order valence-electron chi connectivity index (χ0n) is 8.48. The first-order chi connectivity index (χ1) is 6.56. The van der Waals surface area contributed by atoms with E-state index < -0.39 is 6.00 Å². The molecule has 82 valence electrons. The van der Waals surface area contributed by atoms with Crippen LogP contribution in [0, 0.1) is 0 Å². The summed E-state index contributed by atoms with van der Waals surface area (Å²) in [6.07, 6.45) is 12.2. The van der Waals surface area contributed by atoms with Gasteiger partial charge in [-0.25, -0.2) is 0 Å². The molecule has 0 N–H and O–H groups in total. The molecule has 4 heteroatoms. The highest BCUT2D eigenvalue weighted by molar-refractivity contribution is 7.66. The van der Waals surface area contributed by atoms with Crippen LogP contribution >= 0.6 is 33.2 Å². The van der Waals surface area contributed by atoms with Gasteiger partial charge in [0.1, 0.15) is 0 Å². The number of hydrogen-bond donors (Lipinski definition) is 0. The molecule has 0 unspecified atom stereocenters. The Morgan fingerprint density at radius 3 is 2.29 bits per heavy atom. The molecule has 0 saturated heterocycles. The van der Waals surface area contributed by atoms with E-state index in [1.54, 1.807) is 5.70 Å². The fourth-order valence-electron chi connectivity index (χ4n) is 1.03. The Hall–Kier alpha value is 0.567. The van der Waals surface area contributed by atoms with E-state index in [4.69, 9.17) is 33.2 Å². The van der Waals surface area contributed by atoms with Gasteiger partial charge in [-0.1, -0.05) is 50.1 Å². The van der Waals surface area contributed by atoms with Gasteiger partial charge in [-0.15, -0.1) is 33.2 Å². The molecular weight excluding hydrogens is 255 g/mol. The summed E-state index contributed by atoms with van der Waals surface area (Å²) in [6, 6.07) is -2.55. The van der Waals surface area contributed by atoms with E-state index in [2.05, 4.69) is 13.0 Å². The van der Waals surface area contributed by atoms with Crippen LogP contribution in [0.2, 0.25) is 0 Å². The van der Waals surface area contributed by atoms with Gasteiger partial charge in [-0.3, -0.25) is 0 Å². The van der Waals surface area contributed by atoms with Crippen LogP contribution in [-0.2, 0) is 0 Å². The maximum absolute atomic E-state index is 5.66. The lowest BCUT2D eigenvalue weighted by Crippen LogP contribution is -2.02. The van der Waals surface area contributed by atoms with Crippen molar-refractivity contribution in [1.29, 1.82) is 0 Å². The average molecular weight is 272 g/mol. The van der Waals surface area contributed by atoms with E-state index >= 15 is 0 Å².